The van der Waals surface area contributed by atoms with E-state index in [0.717, 1.165) is 82.3 Å². The van der Waals surface area contributed by atoms with Gasteiger partial charge in [-0.3, -0.25) is 33.7 Å². The number of anilines is 2. The molecule has 0 aliphatic carbocycles. The van der Waals surface area contributed by atoms with Crippen LogP contribution in [0.2, 0.25) is 0 Å². The molecule has 2 aliphatic heterocycles. The number of hydrogen-bond donors (Lipinski definition) is 8. The van der Waals surface area contributed by atoms with E-state index >= 15 is 0 Å². The quantitative estimate of drug-likeness (QED) is 0.0316. The minimum absolute atomic E-state index is 0.0277. The number of pyridine rings is 2. The highest BCUT2D eigenvalue weighted by Gasteiger charge is 2.44. The minimum Gasteiger partial charge on any atom is -0.391 e. The number of carbonyl (C=O) groups is 5. The van der Waals surface area contributed by atoms with Crippen LogP contribution in [-0.2, 0) is 41.7 Å². The Kier molecular flexibility index (Phi) is 20.9. The lowest BCUT2D eigenvalue weighted by Crippen LogP contribution is -2.58. The summed E-state index contributed by atoms with van der Waals surface area (Å²) in [5.41, 5.74) is 8.58. The number of nitrogens with one attached hydrogen (secondary N) is 7. The van der Waals surface area contributed by atoms with Gasteiger partial charge in [-0.15, -0.1) is 11.3 Å². The molecule has 5 aromatic rings. The van der Waals surface area contributed by atoms with E-state index in [1.165, 1.54) is 4.90 Å². The third-order valence-electron chi connectivity index (χ3n) is 14.0. The lowest BCUT2D eigenvalue weighted by atomic mass is 9.85. The van der Waals surface area contributed by atoms with Crippen LogP contribution in [0.5, 0.6) is 0 Å². The van der Waals surface area contributed by atoms with Crippen molar-refractivity contribution in [2.24, 2.45) is 5.41 Å². The molecule has 8 N–H and O–H groups in total. The summed E-state index contributed by atoms with van der Waals surface area (Å²) in [6, 6.07) is 15.4. The first kappa shape index (κ1) is 60.3. The van der Waals surface area contributed by atoms with Gasteiger partial charge in [0.25, 0.3) is 11.5 Å². The van der Waals surface area contributed by atoms with Gasteiger partial charge in [0.1, 0.15) is 31.1 Å². The van der Waals surface area contributed by atoms with E-state index in [0.29, 0.717) is 35.5 Å². The van der Waals surface area contributed by atoms with Crippen LogP contribution in [0.4, 0.5) is 11.5 Å². The number of amides is 5. The van der Waals surface area contributed by atoms with E-state index < -0.39 is 47.2 Å². The average molecular weight is 1120 g/mol. The lowest BCUT2D eigenvalue weighted by Gasteiger charge is -2.35. The van der Waals surface area contributed by atoms with Crippen LogP contribution in [0, 0.1) is 31.6 Å². The van der Waals surface area contributed by atoms with Gasteiger partial charge in [-0.1, -0.05) is 45.0 Å². The zero-order valence-corrected chi connectivity index (χ0v) is 47.8. The van der Waals surface area contributed by atoms with Crippen molar-refractivity contribution < 1.29 is 38.6 Å². The van der Waals surface area contributed by atoms with Gasteiger partial charge in [-0.2, -0.15) is 0 Å². The number of aryl methyl sites for hydroxylation is 3. The molecule has 5 heterocycles. The normalized spacial score (nSPS) is 16.1. The Hall–Kier alpha value is -7.37. The highest BCUT2D eigenvalue weighted by atomic mass is 32.1. The SMILES string of the molecule is Cc1cc(C)c(CNC(=O)c2cc(-c3ccc(N4CCN(CCNC(=O)COCCOCC(=O)N[C@H](C(=O)N5C[C@H](O)C[C@H]5C(=O)NCc5ccc(-c6scnc6C)cc5)C(C)(C)C)CC4)nc3)cc(NC(C)C)c2C=N)c(=O)[nH]1. The Bertz CT molecular complexity index is 3040. The third kappa shape index (κ3) is 16.1. The van der Waals surface area contributed by atoms with Crippen LogP contribution in [-0.4, -0.2) is 162 Å². The summed E-state index contributed by atoms with van der Waals surface area (Å²) in [6.45, 7) is 18.8. The standard InChI is InChI=1S/C58H76N12O9S/c1-35(2)65-47-25-42(24-44(45(47)27-59)54(74)63-30-46-36(3)23-37(4)66-55(46)75)41-13-14-49(61-29-41)69-19-17-68(18-20-69)16-15-60-50(72)32-78-21-22-79-33-51(73)67-53(58(6,7)8)57(77)70-31-43(71)26-48(70)56(76)62-28-39-9-11-40(12-10-39)52-38(5)64-34-80-52/h9-14,23-25,27,29,34-35,43,48,53,59,65,71H,15-22,26,28,30-33H2,1-8H3,(H,60,72)(H,62,76)(H,63,74)(H,66,75)(H,67,73)/t43-,48+,53-/m1/s1. The van der Waals surface area contributed by atoms with Crippen molar-refractivity contribution in [3.05, 3.63) is 116 Å². The van der Waals surface area contributed by atoms with Gasteiger partial charge in [0.2, 0.25) is 23.6 Å². The maximum atomic E-state index is 14.0. The van der Waals surface area contributed by atoms with Crippen molar-refractivity contribution >= 4 is 58.6 Å². The number of aromatic nitrogens is 3. The second-order valence-electron chi connectivity index (χ2n) is 21.7. The number of ether oxygens (including phenoxy) is 2. The fourth-order valence-corrected chi connectivity index (χ4v) is 10.5. The molecule has 3 aromatic heterocycles. The fraction of sp³-hybridized carbons (Fsp3) is 0.466. The maximum Gasteiger partial charge on any atom is 0.253 e. The van der Waals surface area contributed by atoms with Crippen LogP contribution < -0.4 is 37.0 Å². The van der Waals surface area contributed by atoms with Gasteiger partial charge in [0.05, 0.1) is 41.0 Å². The monoisotopic (exact) mass is 1120 g/mol. The van der Waals surface area contributed by atoms with Crippen molar-refractivity contribution in [1.82, 2.24) is 46.0 Å². The Morgan fingerprint density at radius 2 is 1.57 bits per heavy atom. The van der Waals surface area contributed by atoms with Gasteiger partial charge < -0.3 is 61.4 Å². The molecule has 7 rings (SSSR count). The molecule has 22 heteroatoms. The topological polar surface area (TPSA) is 276 Å². The zero-order valence-electron chi connectivity index (χ0n) is 47.0. The predicted molar refractivity (Wildman–Crippen MR) is 309 cm³/mol. The summed E-state index contributed by atoms with van der Waals surface area (Å²) in [7, 11) is 0. The molecule has 80 heavy (non-hydrogen) atoms. The molecular weight excluding hydrogens is 1040 g/mol. The Morgan fingerprint density at radius 3 is 2.20 bits per heavy atom. The minimum atomic E-state index is -1.01. The molecule has 2 fully saturated rings. The molecule has 428 valence electrons. The fourth-order valence-electron chi connectivity index (χ4n) is 9.74. The summed E-state index contributed by atoms with van der Waals surface area (Å²) < 4.78 is 11.0. The van der Waals surface area contributed by atoms with Crippen LogP contribution in [0.1, 0.15) is 85.0 Å². The number of H-pyrrole nitrogens is 1. The van der Waals surface area contributed by atoms with Crippen molar-refractivity contribution in [2.45, 2.75) is 99.1 Å². The van der Waals surface area contributed by atoms with Gasteiger partial charge in [0.15, 0.2) is 0 Å². The van der Waals surface area contributed by atoms with Crippen molar-refractivity contribution in [2.75, 3.05) is 82.5 Å². The van der Waals surface area contributed by atoms with Gasteiger partial charge in [0, 0.05) is 112 Å². The molecule has 21 nitrogen and oxygen atoms in total. The number of thiazole rings is 1. The number of β-amino-alcohol motifs (C(OH)–C–C–N with tert-alkyl or cyclic N) is 1. The van der Waals surface area contributed by atoms with Gasteiger partial charge in [-0.05, 0) is 92.6 Å². The molecule has 0 unspecified atom stereocenters. The smallest absolute Gasteiger partial charge is 0.253 e. The number of hydrogen-bond acceptors (Lipinski definition) is 16. The maximum absolute atomic E-state index is 14.0. The van der Waals surface area contributed by atoms with Gasteiger partial charge >= 0.3 is 0 Å². The number of benzene rings is 2. The number of nitrogens with zero attached hydrogens (tertiary/aromatic N) is 5. The molecule has 2 saturated heterocycles. The molecule has 0 saturated carbocycles. The molecular formula is C58H76N12O9S. The molecule has 0 bridgehead atoms. The Morgan fingerprint density at radius 1 is 0.875 bits per heavy atom. The summed E-state index contributed by atoms with van der Waals surface area (Å²) >= 11 is 1.56. The lowest BCUT2D eigenvalue weighted by molar-refractivity contribution is -0.144. The molecule has 3 atom stereocenters. The summed E-state index contributed by atoms with van der Waals surface area (Å²) in [5.74, 6) is -1.29. The number of aromatic amines is 1. The van der Waals surface area contributed by atoms with E-state index in [4.69, 9.17) is 19.9 Å². The molecule has 0 radical (unpaired) electrons. The highest BCUT2D eigenvalue weighted by Crippen LogP contribution is 2.31. The second-order valence-corrected chi connectivity index (χ2v) is 22.5. The van der Waals surface area contributed by atoms with E-state index in [2.05, 4.69) is 46.4 Å². The Balaban J connectivity index is 0.792. The number of aliphatic hydroxyl groups is 1. The van der Waals surface area contributed by atoms with Crippen molar-refractivity contribution in [3.8, 4) is 21.6 Å². The largest absolute Gasteiger partial charge is 0.391 e. The number of carbonyl (C=O) groups excluding carboxylic acids is 5. The van der Waals surface area contributed by atoms with Crippen LogP contribution in [0.15, 0.2) is 71.1 Å². The van der Waals surface area contributed by atoms with Gasteiger partial charge in [-0.25, -0.2) is 9.97 Å². The molecule has 0 spiro atoms. The first-order valence-electron chi connectivity index (χ1n) is 27.0. The second kappa shape index (κ2) is 27.7. The highest BCUT2D eigenvalue weighted by molar-refractivity contribution is 7.13. The number of piperazine rings is 1. The van der Waals surface area contributed by atoms with Crippen LogP contribution in [0.25, 0.3) is 21.6 Å². The number of aliphatic hydroxyl groups excluding tert-OH is 1. The molecule has 2 aliphatic rings. The van der Waals surface area contributed by atoms with E-state index in [9.17, 15) is 33.9 Å². The first-order chi connectivity index (χ1) is 38.2. The van der Waals surface area contributed by atoms with E-state index in [-0.39, 0.29) is 70.0 Å². The molecule has 5 amide bonds. The predicted octanol–water partition coefficient (Wildman–Crippen LogP) is 4.31. The van der Waals surface area contributed by atoms with E-state index in [1.54, 1.807) is 29.1 Å². The molecule has 2 aromatic carbocycles. The Labute approximate surface area is 471 Å². The van der Waals surface area contributed by atoms with E-state index in [1.807, 2.05) is 104 Å². The number of rotatable bonds is 24. The van der Waals surface area contributed by atoms with Crippen LogP contribution >= 0.6 is 11.3 Å². The third-order valence-corrected chi connectivity index (χ3v) is 15.0. The van der Waals surface area contributed by atoms with Crippen molar-refractivity contribution in [1.29, 1.82) is 5.41 Å². The zero-order chi connectivity index (χ0) is 57.7. The average Bonchev–Trinajstić information content (AvgIpc) is 4.10. The first-order valence-corrected chi connectivity index (χ1v) is 27.9. The number of likely N-dealkylation sites (tertiary alicyclic amines) is 1. The summed E-state index contributed by atoms with van der Waals surface area (Å²) in [4.78, 5) is 98.3. The summed E-state index contributed by atoms with van der Waals surface area (Å²) in [6.07, 6.45) is 2.12. The van der Waals surface area contributed by atoms with Crippen LogP contribution in [0.3, 0.4) is 0 Å². The van der Waals surface area contributed by atoms with Crippen molar-refractivity contribution in [3.63, 3.8) is 0 Å². The summed E-state index contributed by atoms with van der Waals surface area (Å²) in [5, 5.41) is 33.6.